The van der Waals surface area contributed by atoms with E-state index in [0.717, 1.165) is 42.4 Å². The van der Waals surface area contributed by atoms with Crippen LogP contribution < -0.4 is 0 Å². The number of hydrogen-bond acceptors (Lipinski definition) is 2. The van der Waals surface area contributed by atoms with Gasteiger partial charge in [-0.1, -0.05) is 31.0 Å². The molecule has 0 aliphatic heterocycles. The fourth-order valence-electron chi connectivity index (χ4n) is 3.35. The third-order valence-electron chi connectivity index (χ3n) is 4.63. The molecule has 0 aromatic heterocycles. The minimum Gasteiger partial charge on any atom is -0.481 e. The lowest BCUT2D eigenvalue weighted by atomic mass is 9.76. The number of carboxylic acid groups (broad SMARTS) is 1. The van der Waals surface area contributed by atoms with Crippen molar-refractivity contribution in [2.24, 2.45) is 5.41 Å². The highest BCUT2D eigenvalue weighted by Gasteiger charge is 2.38. The van der Waals surface area contributed by atoms with E-state index >= 15 is 0 Å². The lowest BCUT2D eigenvalue weighted by Gasteiger charge is -2.26. The summed E-state index contributed by atoms with van der Waals surface area (Å²) >= 11 is 0. The molecule has 0 bridgehead atoms. The summed E-state index contributed by atoms with van der Waals surface area (Å²) in [4.78, 5) is 23.7. The van der Waals surface area contributed by atoms with E-state index in [2.05, 4.69) is 0 Å². The van der Waals surface area contributed by atoms with E-state index in [-0.39, 0.29) is 17.6 Å². The molecule has 1 aromatic rings. The van der Waals surface area contributed by atoms with Gasteiger partial charge in [0.1, 0.15) is 0 Å². The summed E-state index contributed by atoms with van der Waals surface area (Å²) in [5, 5.41) is 9.11. The molecule has 0 heterocycles. The van der Waals surface area contributed by atoms with Crippen molar-refractivity contribution < 1.29 is 14.7 Å². The second-order valence-electron chi connectivity index (χ2n) is 6.13. The summed E-state index contributed by atoms with van der Waals surface area (Å²) in [6.45, 7) is 3.95. The second kappa shape index (κ2) is 5.78. The Morgan fingerprint density at radius 1 is 1.15 bits per heavy atom. The molecule has 1 saturated carbocycles. The molecule has 1 fully saturated rings. The molecule has 0 unspecified atom stereocenters. The van der Waals surface area contributed by atoms with Crippen molar-refractivity contribution in [3.8, 4) is 0 Å². The van der Waals surface area contributed by atoms with Crippen LogP contribution in [0.25, 0.3) is 0 Å². The minimum absolute atomic E-state index is 0.0920. The molecule has 0 saturated heterocycles. The fraction of sp³-hybridized carbons (Fsp3) is 0.529. The lowest BCUT2D eigenvalue weighted by molar-refractivity contribution is -0.139. The van der Waals surface area contributed by atoms with Crippen molar-refractivity contribution in [2.75, 3.05) is 0 Å². The van der Waals surface area contributed by atoms with Crippen LogP contribution in [0.1, 0.15) is 60.0 Å². The van der Waals surface area contributed by atoms with Crippen LogP contribution in [0.2, 0.25) is 0 Å². The molecule has 0 atom stereocenters. The van der Waals surface area contributed by atoms with Crippen molar-refractivity contribution in [1.82, 2.24) is 0 Å². The average Bonchev–Trinajstić information content (AvgIpc) is 2.79. The highest BCUT2D eigenvalue weighted by Crippen LogP contribution is 2.44. The number of aryl methyl sites for hydroxylation is 1. The van der Waals surface area contributed by atoms with E-state index in [1.807, 2.05) is 32.0 Å². The zero-order valence-electron chi connectivity index (χ0n) is 12.2. The van der Waals surface area contributed by atoms with Gasteiger partial charge in [-0.3, -0.25) is 9.59 Å². The van der Waals surface area contributed by atoms with Crippen molar-refractivity contribution in [1.29, 1.82) is 0 Å². The van der Waals surface area contributed by atoms with Gasteiger partial charge in [0.05, 0.1) is 6.42 Å². The number of carbonyl (C=O) groups is 2. The van der Waals surface area contributed by atoms with Crippen LogP contribution in [0, 0.1) is 19.3 Å². The van der Waals surface area contributed by atoms with Gasteiger partial charge in [-0.2, -0.15) is 0 Å². The third-order valence-corrected chi connectivity index (χ3v) is 4.63. The normalized spacial score (nSPS) is 17.1. The van der Waals surface area contributed by atoms with Gasteiger partial charge in [0.25, 0.3) is 0 Å². The molecule has 2 rings (SSSR count). The fourth-order valence-corrected chi connectivity index (χ4v) is 3.35. The molecule has 108 valence electrons. The monoisotopic (exact) mass is 274 g/mol. The van der Waals surface area contributed by atoms with Gasteiger partial charge in [-0.15, -0.1) is 0 Å². The predicted molar refractivity (Wildman–Crippen MR) is 78.0 cm³/mol. The van der Waals surface area contributed by atoms with Crippen molar-refractivity contribution in [2.45, 2.75) is 52.4 Å². The summed E-state index contributed by atoms with van der Waals surface area (Å²) in [5.74, 6) is -0.699. The molecule has 0 spiro atoms. The molecule has 1 N–H and O–H groups in total. The first-order chi connectivity index (χ1) is 9.43. The number of hydrogen-bond donors (Lipinski definition) is 1. The third kappa shape index (κ3) is 3.09. The molecule has 1 aliphatic carbocycles. The highest BCUT2D eigenvalue weighted by molar-refractivity contribution is 5.98. The maximum absolute atomic E-state index is 12.6. The van der Waals surface area contributed by atoms with Crippen LogP contribution in [0.5, 0.6) is 0 Å². The maximum Gasteiger partial charge on any atom is 0.303 e. The van der Waals surface area contributed by atoms with Crippen molar-refractivity contribution in [3.63, 3.8) is 0 Å². The number of ketones is 1. The quantitative estimate of drug-likeness (QED) is 0.828. The van der Waals surface area contributed by atoms with Crippen LogP contribution in [0.15, 0.2) is 18.2 Å². The number of aliphatic carboxylic acids is 1. The Kier molecular flexibility index (Phi) is 4.26. The summed E-state index contributed by atoms with van der Waals surface area (Å²) < 4.78 is 0. The van der Waals surface area contributed by atoms with Gasteiger partial charge in [0, 0.05) is 12.0 Å². The van der Waals surface area contributed by atoms with Gasteiger partial charge >= 0.3 is 5.97 Å². The molecule has 3 heteroatoms. The SMILES string of the molecule is Cc1cccc(C(=O)CC2(CC(=O)O)CCCC2)c1C. The largest absolute Gasteiger partial charge is 0.481 e. The first kappa shape index (κ1) is 14.8. The van der Waals surface area contributed by atoms with E-state index in [1.54, 1.807) is 0 Å². The van der Waals surface area contributed by atoms with Gasteiger partial charge in [-0.05, 0) is 43.2 Å². The number of carboxylic acids is 1. The summed E-state index contributed by atoms with van der Waals surface area (Å²) in [6, 6.07) is 5.75. The number of benzene rings is 1. The number of rotatable bonds is 5. The van der Waals surface area contributed by atoms with Crippen molar-refractivity contribution >= 4 is 11.8 Å². The summed E-state index contributed by atoms with van der Waals surface area (Å²) in [7, 11) is 0. The van der Waals surface area contributed by atoms with Crippen molar-refractivity contribution in [3.05, 3.63) is 34.9 Å². The first-order valence-electron chi connectivity index (χ1n) is 7.25. The van der Waals surface area contributed by atoms with Gasteiger partial charge < -0.3 is 5.11 Å². The van der Waals surface area contributed by atoms with E-state index in [9.17, 15) is 9.59 Å². The Bertz CT molecular complexity index is 525. The maximum atomic E-state index is 12.6. The zero-order chi connectivity index (χ0) is 14.8. The Hall–Kier alpha value is -1.64. The van der Waals surface area contributed by atoms with Crippen LogP contribution in [0.3, 0.4) is 0 Å². The molecule has 0 radical (unpaired) electrons. The van der Waals surface area contributed by atoms with Gasteiger partial charge in [-0.25, -0.2) is 0 Å². The van der Waals surface area contributed by atoms with E-state index < -0.39 is 5.97 Å². The molecule has 20 heavy (non-hydrogen) atoms. The van der Waals surface area contributed by atoms with Crippen LogP contribution >= 0.6 is 0 Å². The smallest absolute Gasteiger partial charge is 0.303 e. The minimum atomic E-state index is -0.791. The lowest BCUT2D eigenvalue weighted by Crippen LogP contribution is -2.25. The molecular formula is C17H22O3. The Morgan fingerprint density at radius 3 is 2.40 bits per heavy atom. The summed E-state index contributed by atoms with van der Waals surface area (Å²) in [5.41, 5.74) is 2.55. The van der Waals surface area contributed by atoms with E-state index in [1.165, 1.54) is 0 Å². The predicted octanol–water partition coefficient (Wildman–Crippen LogP) is 3.91. The highest BCUT2D eigenvalue weighted by atomic mass is 16.4. The topological polar surface area (TPSA) is 54.4 Å². The zero-order valence-corrected chi connectivity index (χ0v) is 12.2. The van der Waals surface area contributed by atoms with Crippen LogP contribution in [-0.4, -0.2) is 16.9 Å². The average molecular weight is 274 g/mol. The molecule has 1 aliphatic rings. The Labute approximate surface area is 120 Å². The van der Waals surface area contributed by atoms with E-state index in [0.29, 0.717) is 6.42 Å². The van der Waals surface area contributed by atoms with Crippen LogP contribution in [0.4, 0.5) is 0 Å². The Balaban J connectivity index is 2.20. The van der Waals surface area contributed by atoms with Gasteiger partial charge in [0.2, 0.25) is 0 Å². The molecule has 3 nitrogen and oxygen atoms in total. The molecule has 1 aromatic carbocycles. The summed E-state index contributed by atoms with van der Waals surface area (Å²) in [6.07, 6.45) is 4.26. The first-order valence-corrected chi connectivity index (χ1v) is 7.25. The number of carbonyl (C=O) groups excluding carboxylic acids is 1. The Morgan fingerprint density at radius 2 is 1.80 bits per heavy atom. The number of Topliss-reactive ketones (excluding diaryl/α,β-unsaturated/α-hetero) is 1. The molecule has 0 amide bonds. The van der Waals surface area contributed by atoms with E-state index in [4.69, 9.17) is 5.11 Å². The van der Waals surface area contributed by atoms with Gasteiger partial charge in [0.15, 0.2) is 5.78 Å². The molecular weight excluding hydrogens is 252 g/mol. The van der Waals surface area contributed by atoms with Crippen LogP contribution in [-0.2, 0) is 4.79 Å². The second-order valence-corrected chi connectivity index (χ2v) is 6.13. The standard InChI is InChI=1S/C17H22O3/c1-12-6-5-7-14(13(12)2)15(18)10-17(11-16(19)20)8-3-4-9-17/h5-7H,3-4,8-11H2,1-2H3,(H,19,20).